The first-order chi connectivity index (χ1) is 8.58. The number of nitrogens with one attached hydrogen (secondary N) is 1. The Balaban J connectivity index is 1.81. The van der Waals surface area contributed by atoms with Gasteiger partial charge in [0, 0.05) is 58.9 Å². The molecule has 0 bridgehead atoms. The fourth-order valence-corrected chi connectivity index (χ4v) is 3.00. The molecule has 2 fully saturated rings. The zero-order valence-electron chi connectivity index (χ0n) is 11.9. The van der Waals surface area contributed by atoms with Gasteiger partial charge in [0.25, 0.3) is 0 Å². The van der Waals surface area contributed by atoms with Crippen molar-refractivity contribution in [3.05, 3.63) is 0 Å². The molecule has 0 aliphatic carbocycles. The number of hydrogen-bond donors (Lipinski definition) is 1. The maximum atomic E-state index is 11.9. The van der Waals surface area contributed by atoms with Crippen molar-refractivity contribution in [3.8, 4) is 0 Å². The summed E-state index contributed by atoms with van der Waals surface area (Å²) in [6.07, 6.45) is 2.23. The quantitative estimate of drug-likeness (QED) is 0.737. The molecule has 104 valence electrons. The van der Waals surface area contributed by atoms with Crippen LogP contribution in [-0.2, 0) is 0 Å². The van der Waals surface area contributed by atoms with E-state index in [0.29, 0.717) is 12.1 Å². The van der Waals surface area contributed by atoms with E-state index in [4.69, 9.17) is 0 Å². The van der Waals surface area contributed by atoms with E-state index in [0.717, 1.165) is 45.6 Å². The first-order valence-electron chi connectivity index (χ1n) is 7.01. The molecular weight excluding hydrogens is 228 g/mol. The van der Waals surface area contributed by atoms with Crippen LogP contribution in [0.25, 0.3) is 0 Å². The number of rotatable bonds is 1. The summed E-state index contributed by atoms with van der Waals surface area (Å²) in [6.45, 7) is 7.44. The summed E-state index contributed by atoms with van der Waals surface area (Å²) in [6, 6.07) is 1.42. The second-order valence-corrected chi connectivity index (χ2v) is 5.75. The van der Waals surface area contributed by atoms with Crippen molar-refractivity contribution >= 4 is 6.03 Å². The molecule has 0 aromatic carbocycles. The smallest absolute Gasteiger partial charge is 0.319 e. The second kappa shape index (κ2) is 5.89. The second-order valence-electron chi connectivity index (χ2n) is 5.75. The summed E-state index contributed by atoms with van der Waals surface area (Å²) in [4.78, 5) is 18.1. The van der Waals surface area contributed by atoms with Gasteiger partial charge >= 0.3 is 6.03 Å². The van der Waals surface area contributed by atoms with Gasteiger partial charge in [0.15, 0.2) is 0 Å². The van der Waals surface area contributed by atoms with Gasteiger partial charge in [-0.05, 0) is 19.8 Å². The monoisotopic (exact) mass is 254 g/mol. The van der Waals surface area contributed by atoms with E-state index in [1.165, 1.54) is 0 Å². The fourth-order valence-electron chi connectivity index (χ4n) is 3.00. The molecule has 5 nitrogen and oxygen atoms in total. The molecular formula is C13H26N4O. The largest absolute Gasteiger partial charge is 0.331 e. The van der Waals surface area contributed by atoms with Gasteiger partial charge in [-0.1, -0.05) is 0 Å². The van der Waals surface area contributed by atoms with Crippen LogP contribution in [0.15, 0.2) is 0 Å². The van der Waals surface area contributed by atoms with Crippen LogP contribution in [0.5, 0.6) is 0 Å². The van der Waals surface area contributed by atoms with Crippen LogP contribution in [0.4, 0.5) is 4.79 Å². The Labute approximate surface area is 110 Å². The highest BCUT2D eigenvalue weighted by atomic mass is 16.2. The highest BCUT2D eigenvalue weighted by molar-refractivity contribution is 5.73. The first kappa shape index (κ1) is 13.6. The number of carbonyl (C=O) groups excluding carboxylic acids is 1. The number of piperidine rings is 1. The molecule has 1 atom stereocenters. The molecule has 2 heterocycles. The zero-order valence-corrected chi connectivity index (χ0v) is 11.9. The third kappa shape index (κ3) is 3.14. The van der Waals surface area contributed by atoms with E-state index in [9.17, 15) is 4.79 Å². The Hall–Kier alpha value is -0.810. The van der Waals surface area contributed by atoms with Crippen LogP contribution >= 0.6 is 0 Å². The Morgan fingerprint density at radius 2 is 1.89 bits per heavy atom. The van der Waals surface area contributed by atoms with Crippen LogP contribution in [0.3, 0.4) is 0 Å². The van der Waals surface area contributed by atoms with E-state index in [1.54, 1.807) is 4.90 Å². The average molecular weight is 254 g/mol. The van der Waals surface area contributed by atoms with E-state index < -0.39 is 0 Å². The third-order valence-corrected chi connectivity index (χ3v) is 4.03. The van der Waals surface area contributed by atoms with E-state index >= 15 is 0 Å². The summed E-state index contributed by atoms with van der Waals surface area (Å²) >= 11 is 0. The summed E-state index contributed by atoms with van der Waals surface area (Å²) in [5.74, 6) is 0. The summed E-state index contributed by atoms with van der Waals surface area (Å²) in [5.41, 5.74) is 0. The highest BCUT2D eigenvalue weighted by Gasteiger charge is 2.29. The number of carbonyl (C=O) groups is 1. The Kier molecular flexibility index (Phi) is 4.45. The molecule has 0 saturated carbocycles. The molecule has 0 spiro atoms. The minimum absolute atomic E-state index is 0.155. The number of piperazine rings is 1. The number of nitrogens with zero attached hydrogens (tertiary/aromatic N) is 3. The minimum Gasteiger partial charge on any atom is -0.331 e. The van der Waals surface area contributed by atoms with Gasteiger partial charge < -0.3 is 15.1 Å². The van der Waals surface area contributed by atoms with Gasteiger partial charge in [-0.3, -0.25) is 4.90 Å². The minimum atomic E-state index is 0.155. The van der Waals surface area contributed by atoms with E-state index in [2.05, 4.69) is 17.1 Å². The maximum Gasteiger partial charge on any atom is 0.319 e. The number of amides is 2. The Bertz CT molecular complexity index is 287. The Morgan fingerprint density at radius 3 is 2.44 bits per heavy atom. The van der Waals surface area contributed by atoms with E-state index in [1.807, 2.05) is 19.0 Å². The molecule has 0 aromatic rings. The van der Waals surface area contributed by atoms with Crippen molar-refractivity contribution in [2.24, 2.45) is 0 Å². The normalized spacial score (nSPS) is 27.3. The standard InChI is InChI=1S/C13H26N4O/c1-11-10-17(9-6-14-11)12-4-7-16(8-5-12)13(18)15(2)3/h11-12,14H,4-10H2,1-3H3. The lowest BCUT2D eigenvalue weighted by molar-refractivity contribution is 0.0883. The highest BCUT2D eigenvalue weighted by Crippen LogP contribution is 2.18. The van der Waals surface area contributed by atoms with Crippen molar-refractivity contribution in [1.29, 1.82) is 0 Å². The first-order valence-corrected chi connectivity index (χ1v) is 7.01. The van der Waals surface area contributed by atoms with Crippen molar-refractivity contribution < 1.29 is 4.79 Å². The summed E-state index contributed by atoms with van der Waals surface area (Å²) in [5, 5.41) is 3.48. The molecule has 2 saturated heterocycles. The van der Waals surface area contributed by atoms with Crippen LogP contribution < -0.4 is 5.32 Å². The van der Waals surface area contributed by atoms with Gasteiger partial charge in [-0.2, -0.15) is 0 Å². The lowest BCUT2D eigenvalue weighted by Gasteiger charge is -2.42. The van der Waals surface area contributed by atoms with Crippen LogP contribution in [0.1, 0.15) is 19.8 Å². The average Bonchev–Trinajstić information content (AvgIpc) is 2.38. The van der Waals surface area contributed by atoms with Gasteiger partial charge in [-0.15, -0.1) is 0 Å². The molecule has 2 rings (SSSR count). The molecule has 5 heteroatoms. The molecule has 0 aromatic heterocycles. The predicted molar refractivity (Wildman–Crippen MR) is 72.7 cm³/mol. The molecule has 2 aliphatic rings. The zero-order chi connectivity index (χ0) is 13.1. The van der Waals surface area contributed by atoms with Crippen LogP contribution in [0, 0.1) is 0 Å². The SMILES string of the molecule is CC1CN(C2CCN(C(=O)N(C)C)CC2)CCN1. The molecule has 18 heavy (non-hydrogen) atoms. The molecule has 1 unspecified atom stereocenters. The topological polar surface area (TPSA) is 38.8 Å². The molecule has 0 radical (unpaired) electrons. The van der Waals surface area contributed by atoms with Crippen LogP contribution in [-0.4, -0.2) is 79.6 Å². The van der Waals surface area contributed by atoms with Gasteiger partial charge in [0.05, 0.1) is 0 Å². The van der Waals surface area contributed by atoms with Gasteiger partial charge in [-0.25, -0.2) is 4.79 Å². The summed E-state index contributed by atoms with van der Waals surface area (Å²) < 4.78 is 0. The molecule has 2 amide bonds. The van der Waals surface area contributed by atoms with Gasteiger partial charge in [0.2, 0.25) is 0 Å². The fraction of sp³-hybridized carbons (Fsp3) is 0.923. The van der Waals surface area contributed by atoms with Crippen LogP contribution in [0.2, 0.25) is 0 Å². The Morgan fingerprint density at radius 1 is 1.22 bits per heavy atom. The lowest BCUT2D eigenvalue weighted by Crippen LogP contribution is -2.56. The number of likely N-dealkylation sites (tertiary alicyclic amines) is 1. The molecule has 2 aliphatic heterocycles. The lowest BCUT2D eigenvalue weighted by atomic mass is 10.0. The van der Waals surface area contributed by atoms with Gasteiger partial charge in [0.1, 0.15) is 0 Å². The molecule has 1 N–H and O–H groups in total. The number of hydrogen-bond acceptors (Lipinski definition) is 3. The maximum absolute atomic E-state index is 11.9. The van der Waals surface area contributed by atoms with Crippen molar-refractivity contribution in [2.45, 2.75) is 31.8 Å². The number of urea groups is 1. The third-order valence-electron chi connectivity index (χ3n) is 4.03. The van der Waals surface area contributed by atoms with Crippen molar-refractivity contribution in [1.82, 2.24) is 20.0 Å². The van der Waals surface area contributed by atoms with Crippen molar-refractivity contribution in [2.75, 3.05) is 46.8 Å². The van der Waals surface area contributed by atoms with E-state index in [-0.39, 0.29) is 6.03 Å². The van der Waals surface area contributed by atoms with Crippen molar-refractivity contribution in [3.63, 3.8) is 0 Å². The predicted octanol–water partition coefficient (Wildman–Crippen LogP) is 0.426. The summed E-state index contributed by atoms with van der Waals surface area (Å²) in [7, 11) is 3.65.